The van der Waals surface area contributed by atoms with Crippen LogP contribution in [-0.2, 0) is 11.3 Å². The van der Waals surface area contributed by atoms with Crippen molar-refractivity contribution in [3.8, 4) is 0 Å². The Morgan fingerprint density at radius 3 is 2.43 bits per heavy atom. The Bertz CT molecular complexity index is 450. The molecular formula is C18H27NO2. The van der Waals surface area contributed by atoms with Gasteiger partial charge in [0.1, 0.15) is 0 Å². The summed E-state index contributed by atoms with van der Waals surface area (Å²) in [6.45, 7) is 6.74. The maximum atomic E-state index is 11.9. The van der Waals surface area contributed by atoms with Gasteiger partial charge in [0.05, 0.1) is 5.41 Å². The van der Waals surface area contributed by atoms with Gasteiger partial charge in [-0.2, -0.15) is 0 Å². The van der Waals surface area contributed by atoms with Crippen LogP contribution in [0.1, 0.15) is 45.1 Å². The first-order chi connectivity index (χ1) is 10.1. The van der Waals surface area contributed by atoms with E-state index in [1.165, 1.54) is 5.56 Å². The van der Waals surface area contributed by atoms with Gasteiger partial charge in [-0.15, -0.1) is 0 Å². The van der Waals surface area contributed by atoms with Gasteiger partial charge in [-0.05, 0) is 43.7 Å². The summed E-state index contributed by atoms with van der Waals surface area (Å²) in [6, 6.07) is 10.3. The van der Waals surface area contributed by atoms with Gasteiger partial charge < -0.3 is 5.11 Å². The van der Waals surface area contributed by atoms with E-state index in [1.807, 2.05) is 18.2 Å². The van der Waals surface area contributed by atoms with E-state index in [4.69, 9.17) is 0 Å². The molecule has 1 saturated carbocycles. The van der Waals surface area contributed by atoms with E-state index in [9.17, 15) is 9.90 Å². The fourth-order valence-electron chi connectivity index (χ4n) is 3.30. The standard InChI is InChI=1S/C18H27NO2/c1-3-19(13-16-7-5-4-6-8-16)14-18(17(20)21)11-9-15(2)10-12-18/h4-8,15H,3,9-14H2,1-2H3,(H,20,21). The molecule has 0 bridgehead atoms. The fraction of sp³-hybridized carbons (Fsp3) is 0.611. The first-order valence-corrected chi connectivity index (χ1v) is 8.05. The van der Waals surface area contributed by atoms with Crippen molar-refractivity contribution in [3.05, 3.63) is 35.9 Å². The highest BCUT2D eigenvalue weighted by Crippen LogP contribution is 2.40. The van der Waals surface area contributed by atoms with Crippen LogP contribution < -0.4 is 0 Å². The van der Waals surface area contributed by atoms with Gasteiger partial charge in [-0.3, -0.25) is 9.69 Å². The van der Waals surface area contributed by atoms with Gasteiger partial charge in [0.15, 0.2) is 0 Å². The van der Waals surface area contributed by atoms with Crippen molar-refractivity contribution in [1.29, 1.82) is 0 Å². The average molecular weight is 289 g/mol. The van der Waals surface area contributed by atoms with Crippen LogP contribution in [0.15, 0.2) is 30.3 Å². The third-order valence-corrected chi connectivity index (χ3v) is 4.91. The first kappa shape index (κ1) is 16.0. The molecule has 0 unspecified atom stereocenters. The van der Waals surface area contributed by atoms with E-state index in [0.29, 0.717) is 12.5 Å². The minimum Gasteiger partial charge on any atom is -0.481 e. The summed E-state index contributed by atoms with van der Waals surface area (Å²) >= 11 is 0. The molecule has 116 valence electrons. The highest BCUT2D eigenvalue weighted by Gasteiger charge is 2.42. The maximum absolute atomic E-state index is 11.9. The summed E-state index contributed by atoms with van der Waals surface area (Å²) in [6.07, 6.45) is 3.70. The molecular weight excluding hydrogens is 262 g/mol. The molecule has 1 aromatic rings. The Hall–Kier alpha value is -1.35. The second-order valence-corrected chi connectivity index (χ2v) is 6.56. The monoisotopic (exact) mass is 289 g/mol. The number of hydrogen-bond donors (Lipinski definition) is 1. The SMILES string of the molecule is CCN(Cc1ccccc1)CC1(C(=O)O)CCC(C)CC1. The molecule has 3 heteroatoms. The second kappa shape index (κ2) is 7.08. The van der Waals surface area contributed by atoms with Crippen molar-refractivity contribution in [1.82, 2.24) is 4.90 Å². The predicted octanol–water partition coefficient (Wildman–Crippen LogP) is 3.79. The van der Waals surface area contributed by atoms with E-state index in [-0.39, 0.29) is 0 Å². The largest absolute Gasteiger partial charge is 0.481 e. The summed E-state index contributed by atoms with van der Waals surface area (Å²) in [7, 11) is 0. The number of hydrogen-bond acceptors (Lipinski definition) is 2. The number of carboxylic acid groups (broad SMARTS) is 1. The van der Waals surface area contributed by atoms with Crippen LogP contribution in [0.5, 0.6) is 0 Å². The lowest BCUT2D eigenvalue weighted by molar-refractivity contribution is -0.153. The highest BCUT2D eigenvalue weighted by molar-refractivity contribution is 5.75. The number of rotatable bonds is 6. The lowest BCUT2D eigenvalue weighted by Crippen LogP contribution is -2.45. The third-order valence-electron chi connectivity index (χ3n) is 4.91. The minimum atomic E-state index is -0.610. The van der Waals surface area contributed by atoms with Crippen molar-refractivity contribution >= 4 is 5.97 Å². The highest BCUT2D eigenvalue weighted by atomic mass is 16.4. The minimum absolute atomic E-state index is 0.544. The Morgan fingerprint density at radius 2 is 1.90 bits per heavy atom. The molecule has 21 heavy (non-hydrogen) atoms. The molecule has 0 saturated heterocycles. The van der Waals surface area contributed by atoms with Crippen molar-refractivity contribution in [3.63, 3.8) is 0 Å². The Labute approximate surface area is 128 Å². The van der Waals surface area contributed by atoms with Crippen LogP contribution in [0.25, 0.3) is 0 Å². The Morgan fingerprint density at radius 1 is 1.29 bits per heavy atom. The van der Waals surface area contributed by atoms with Crippen LogP contribution in [-0.4, -0.2) is 29.1 Å². The van der Waals surface area contributed by atoms with Crippen LogP contribution in [0.2, 0.25) is 0 Å². The first-order valence-electron chi connectivity index (χ1n) is 8.05. The second-order valence-electron chi connectivity index (χ2n) is 6.56. The van der Waals surface area contributed by atoms with Crippen molar-refractivity contribution in [2.45, 2.75) is 46.1 Å². The van der Waals surface area contributed by atoms with E-state index in [2.05, 4.69) is 30.9 Å². The Kier molecular flexibility index (Phi) is 5.40. The summed E-state index contributed by atoms with van der Waals surface area (Å²) in [4.78, 5) is 14.1. The van der Waals surface area contributed by atoms with Gasteiger partial charge in [0.2, 0.25) is 0 Å². The molecule has 0 aliphatic heterocycles. The quantitative estimate of drug-likeness (QED) is 0.866. The molecule has 1 N–H and O–H groups in total. The van der Waals surface area contributed by atoms with E-state index in [1.54, 1.807) is 0 Å². The molecule has 3 nitrogen and oxygen atoms in total. The van der Waals surface area contributed by atoms with Crippen molar-refractivity contribution in [2.75, 3.05) is 13.1 Å². The van der Waals surface area contributed by atoms with Crippen molar-refractivity contribution < 1.29 is 9.90 Å². The summed E-state index contributed by atoms with van der Waals surface area (Å²) < 4.78 is 0. The molecule has 0 spiro atoms. The van der Waals surface area contributed by atoms with E-state index >= 15 is 0 Å². The zero-order valence-electron chi connectivity index (χ0n) is 13.2. The zero-order valence-corrected chi connectivity index (χ0v) is 13.2. The fourth-order valence-corrected chi connectivity index (χ4v) is 3.30. The number of carbonyl (C=O) groups is 1. The normalized spacial score (nSPS) is 26.0. The summed E-state index contributed by atoms with van der Waals surface area (Å²) in [5.74, 6) is 0.0580. The van der Waals surface area contributed by atoms with E-state index in [0.717, 1.165) is 38.8 Å². The van der Waals surface area contributed by atoms with Crippen LogP contribution in [0, 0.1) is 11.3 Å². The van der Waals surface area contributed by atoms with Crippen LogP contribution in [0.4, 0.5) is 0 Å². The van der Waals surface area contributed by atoms with Gasteiger partial charge in [0, 0.05) is 13.1 Å². The number of carboxylic acids is 1. The lowest BCUT2D eigenvalue weighted by atomic mass is 9.70. The summed E-state index contributed by atoms with van der Waals surface area (Å²) in [5, 5.41) is 9.76. The molecule has 0 aromatic heterocycles. The molecule has 0 atom stereocenters. The molecule has 1 aliphatic rings. The molecule has 0 radical (unpaired) electrons. The number of benzene rings is 1. The topological polar surface area (TPSA) is 40.5 Å². The third kappa shape index (κ3) is 4.07. The zero-order chi connectivity index (χ0) is 15.3. The molecule has 2 rings (SSSR count). The Balaban J connectivity index is 2.06. The molecule has 1 fully saturated rings. The maximum Gasteiger partial charge on any atom is 0.310 e. The molecule has 1 aromatic carbocycles. The van der Waals surface area contributed by atoms with Gasteiger partial charge >= 0.3 is 5.97 Å². The van der Waals surface area contributed by atoms with Crippen LogP contribution >= 0.6 is 0 Å². The molecule has 0 heterocycles. The van der Waals surface area contributed by atoms with Gasteiger partial charge in [-0.25, -0.2) is 0 Å². The van der Waals surface area contributed by atoms with Crippen molar-refractivity contribution in [2.24, 2.45) is 11.3 Å². The van der Waals surface area contributed by atoms with E-state index < -0.39 is 11.4 Å². The molecule has 0 amide bonds. The van der Waals surface area contributed by atoms with Gasteiger partial charge in [0.25, 0.3) is 0 Å². The average Bonchev–Trinajstić information content (AvgIpc) is 2.50. The summed E-state index contributed by atoms with van der Waals surface area (Å²) in [5.41, 5.74) is 0.709. The van der Waals surface area contributed by atoms with Crippen LogP contribution in [0.3, 0.4) is 0 Å². The van der Waals surface area contributed by atoms with Gasteiger partial charge in [-0.1, -0.05) is 44.2 Å². The smallest absolute Gasteiger partial charge is 0.310 e. The number of nitrogens with zero attached hydrogens (tertiary/aromatic N) is 1. The number of aliphatic carboxylic acids is 1. The predicted molar refractivity (Wildman–Crippen MR) is 85.1 cm³/mol. The lowest BCUT2D eigenvalue weighted by Gasteiger charge is -2.39. The molecule has 1 aliphatic carbocycles.